The summed E-state index contributed by atoms with van der Waals surface area (Å²) in [5, 5.41) is 0. The van der Waals surface area contributed by atoms with Crippen molar-refractivity contribution in [2.75, 3.05) is 5.88 Å². The van der Waals surface area contributed by atoms with E-state index in [0.29, 0.717) is 12.4 Å². The molecule has 1 aromatic heterocycles. The van der Waals surface area contributed by atoms with Gasteiger partial charge in [-0.2, -0.15) is 0 Å². The Labute approximate surface area is 63.8 Å². The third kappa shape index (κ3) is 1.24. The Morgan fingerprint density at radius 3 is 2.70 bits per heavy atom. The minimum Gasteiger partial charge on any atom is -0.302 e. The van der Waals surface area contributed by atoms with Crippen molar-refractivity contribution in [3.8, 4) is 0 Å². The van der Waals surface area contributed by atoms with Crippen molar-refractivity contribution in [2.45, 2.75) is 6.54 Å². The van der Waals surface area contributed by atoms with Gasteiger partial charge in [0.05, 0.1) is 0 Å². The number of hydrogen-bond donors (Lipinski definition) is 0. The second-order valence-corrected chi connectivity index (χ2v) is 2.45. The number of imidazole rings is 1. The van der Waals surface area contributed by atoms with Gasteiger partial charge in [-0.3, -0.25) is 4.57 Å². The van der Waals surface area contributed by atoms with Gasteiger partial charge in [0.15, 0.2) is 0 Å². The van der Waals surface area contributed by atoms with Crippen LogP contribution >= 0.6 is 11.6 Å². The monoisotopic (exact) mass is 160 g/mol. The van der Waals surface area contributed by atoms with Crippen LogP contribution in [0.25, 0.3) is 0 Å². The van der Waals surface area contributed by atoms with E-state index >= 15 is 0 Å². The number of halogens is 1. The van der Waals surface area contributed by atoms with Crippen molar-refractivity contribution in [3.63, 3.8) is 0 Å². The van der Waals surface area contributed by atoms with Crippen LogP contribution in [0.5, 0.6) is 0 Å². The number of nitrogens with zero attached hydrogens (tertiary/aromatic N) is 2. The Morgan fingerprint density at radius 2 is 2.30 bits per heavy atom. The number of aryl methyl sites for hydroxylation is 2. The van der Waals surface area contributed by atoms with Gasteiger partial charge in [-0.15, -0.1) is 11.6 Å². The molecule has 0 aliphatic carbocycles. The van der Waals surface area contributed by atoms with E-state index in [-0.39, 0.29) is 5.69 Å². The lowest BCUT2D eigenvalue weighted by atomic mass is 10.7. The summed E-state index contributed by atoms with van der Waals surface area (Å²) in [6.45, 7) is 0.585. The summed E-state index contributed by atoms with van der Waals surface area (Å²) < 4.78 is 3.10. The van der Waals surface area contributed by atoms with E-state index in [4.69, 9.17) is 11.6 Å². The predicted molar refractivity (Wildman–Crippen MR) is 40.4 cm³/mol. The zero-order valence-corrected chi connectivity index (χ0v) is 6.51. The Hall–Kier alpha value is -0.700. The average Bonchev–Trinajstić information content (AvgIpc) is 2.20. The molecule has 10 heavy (non-hydrogen) atoms. The van der Waals surface area contributed by atoms with Crippen molar-refractivity contribution >= 4 is 11.6 Å². The summed E-state index contributed by atoms with van der Waals surface area (Å²) >= 11 is 5.45. The molecule has 0 bridgehead atoms. The fraction of sp³-hybridized carbons (Fsp3) is 0.500. The number of alkyl halides is 1. The third-order valence-electron chi connectivity index (χ3n) is 1.34. The summed E-state index contributed by atoms with van der Waals surface area (Å²) in [4.78, 5) is 11.0. The third-order valence-corrected chi connectivity index (χ3v) is 1.51. The van der Waals surface area contributed by atoms with Crippen molar-refractivity contribution < 1.29 is 0 Å². The summed E-state index contributed by atoms with van der Waals surface area (Å²) in [5.41, 5.74) is -0.0133. The summed E-state index contributed by atoms with van der Waals surface area (Å²) in [5.74, 6) is 0.476. The molecule has 0 fully saturated rings. The molecule has 1 aromatic rings. The van der Waals surface area contributed by atoms with Crippen molar-refractivity contribution in [1.29, 1.82) is 0 Å². The highest BCUT2D eigenvalue weighted by Crippen LogP contribution is 1.83. The molecule has 0 aromatic carbocycles. The van der Waals surface area contributed by atoms with Crippen LogP contribution in [0.3, 0.4) is 0 Å². The first-order chi connectivity index (χ1) is 4.75. The van der Waals surface area contributed by atoms with Crippen LogP contribution in [0.1, 0.15) is 0 Å². The molecule has 0 unspecified atom stereocenters. The van der Waals surface area contributed by atoms with Crippen LogP contribution < -0.4 is 5.69 Å². The van der Waals surface area contributed by atoms with E-state index in [0.717, 1.165) is 0 Å². The number of rotatable bonds is 2. The zero-order chi connectivity index (χ0) is 7.56. The van der Waals surface area contributed by atoms with E-state index in [9.17, 15) is 4.79 Å². The van der Waals surface area contributed by atoms with Gasteiger partial charge in [-0.1, -0.05) is 0 Å². The van der Waals surface area contributed by atoms with Crippen LogP contribution in [0, 0.1) is 0 Å². The fourth-order valence-electron chi connectivity index (χ4n) is 0.772. The Balaban J connectivity index is 2.95. The van der Waals surface area contributed by atoms with Gasteiger partial charge in [0.2, 0.25) is 0 Å². The second-order valence-electron chi connectivity index (χ2n) is 2.07. The minimum atomic E-state index is -0.0133. The molecule has 0 saturated heterocycles. The van der Waals surface area contributed by atoms with Crippen LogP contribution in [0.2, 0.25) is 0 Å². The molecular formula is C6H9ClN2O. The first-order valence-corrected chi connectivity index (χ1v) is 3.57. The fourth-order valence-corrected chi connectivity index (χ4v) is 0.954. The summed E-state index contributed by atoms with van der Waals surface area (Å²) in [7, 11) is 1.72. The smallest absolute Gasteiger partial charge is 0.302 e. The first-order valence-electron chi connectivity index (χ1n) is 3.03. The molecular weight excluding hydrogens is 152 g/mol. The Morgan fingerprint density at radius 1 is 1.60 bits per heavy atom. The molecule has 1 rings (SSSR count). The summed E-state index contributed by atoms with van der Waals surface area (Å²) in [6.07, 6.45) is 3.44. The molecule has 0 radical (unpaired) electrons. The molecule has 4 heteroatoms. The van der Waals surface area contributed by atoms with Gasteiger partial charge in [-0.05, 0) is 0 Å². The van der Waals surface area contributed by atoms with Gasteiger partial charge < -0.3 is 4.57 Å². The van der Waals surface area contributed by atoms with E-state index in [1.54, 1.807) is 24.0 Å². The normalized spacial score (nSPS) is 10.2. The highest BCUT2D eigenvalue weighted by molar-refractivity contribution is 6.17. The maximum Gasteiger partial charge on any atom is 0.327 e. The molecule has 0 saturated carbocycles. The molecule has 1 heterocycles. The predicted octanol–water partition coefficient (Wildman–Crippen LogP) is 0.426. The Bertz CT molecular complexity index is 263. The van der Waals surface area contributed by atoms with Gasteiger partial charge in [-0.25, -0.2) is 4.79 Å². The lowest BCUT2D eigenvalue weighted by molar-refractivity contribution is 0.698. The van der Waals surface area contributed by atoms with E-state index in [1.807, 2.05) is 0 Å². The topological polar surface area (TPSA) is 26.9 Å². The maximum atomic E-state index is 11.0. The molecule has 0 atom stereocenters. The molecule has 0 aliphatic rings. The lowest BCUT2D eigenvalue weighted by Crippen LogP contribution is -2.22. The van der Waals surface area contributed by atoms with Crippen molar-refractivity contribution in [3.05, 3.63) is 22.9 Å². The van der Waals surface area contributed by atoms with Gasteiger partial charge >= 0.3 is 5.69 Å². The van der Waals surface area contributed by atoms with Gasteiger partial charge in [0, 0.05) is 31.9 Å². The first kappa shape index (κ1) is 7.41. The zero-order valence-electron chi connectivity index (χ0n) is 5.75. The highest BCUT2D eigenvalue weighted by atomic mass is 35.5. The molecule has 0 aliphatic heterocycles. The van der Waals surface area contributed by atoms with E-state index in [1.165, 1.54) is 4.57 Å². The SMILES string of the molecule is Cn1ccn(CCCl)c1=O. The number of hydrogen-bond acceptors (Lipinski definition) is 1. The quantitative estimate of drug-likeness (QED) is 0.577. The van der Waals surface area contributed by atoms with E-state index in [2.05, 4.69) is 0 Å². The Kier molecular flexibility index (Phi) is 2.17. The van der Waals surface area contributed by atoms with Gasteiger partial charge in [0.25, 0.3) is 0 Å². The maximum absolute atomic E-state index is 11.0. The number of aromatic nitrogens is 2. The lowest BCUT2D eigenvalue weighted by Gasteiger charge is -1.93. The average molecular weight is 161 g/mol. The van der Waals surface area contributed by atoms with Gasteiger partial charge in [0.1, 0.15) is 0 Å². The van der Waals surface area contributed by atoms with Crippen molar-refractivity contribution in [2.24, 2.45) is 7.05 Å². The molecule has 0 spiro atoms. The van der Waals surface area contributed by atoms with E-state index < -0.39 is 0 Å². The molecule has 3 nitrogen and oxygen atoms in total. The standard InChI is InChI=1S/C6H9ClN2O/c1-8-4-5-9(3-2-7)6(8)10/h4-5H,2-3H2,1H3. The van der Waals surface area contributed by atoms with Crippen LogP contribution in [0.4, 0.5) is 0 Å². The molecule has 0 amide bonds. The van der Waals surface area contributed by atoms with Crippen LogP contribution in [-0.4, -0.2) is 15.0 Å². The second kappa shape index (κ2) is 2.92. The summed E-state index contributed by atoms with van der Waals surface area (Å²) in [6, 6.07) is 0. The van der Waals surface area contributed by atoms with Crippen LogP contribution in [0.15, 0.2) is 17.2 Å². The largest absolute Gasteiger partial charge is 0.327 e. The molecule has 0 N–H and O–H groups in total. The van der Waals surface area contributed by atoms with Crippen LogP contribution in [-0.2, 0) is 13.6 Å². The minimum absolute atomic E-state index is 0.0133. The highest BCUT2D eigenvalue weighted by Gasteiger charge is 1.95. The molecule has 56 valence electrons. The van der Waals surface area contributed by atoms with Crippen molar-refractivity contribution in [1.82, 2.24) is 9.13 Å².